The van der Waals surface area contributed by atoms with Gasteiger partial charge in [-0.1, -0.05) is 12.2 Å². The summed E-state index contributed by atoms with van der Waals surface area (Å²) in [4.78, 5) is 10.5. The molecule has 5 heteroatoms. The van der Waals surface area contributed by atoms with E-state index in [-0.39, 0.29) is 6.54 Å². The first-order valence-corrected chi connectivity index (χ1v) is 3.29. The number of carbonyl (C=O) groups is 1. The quantitative estimate of drug-likeness (QED) is 0.659. The smallest absolute Gasteiger partial charge is 0.352 e. The van der Waals surface area contributed by atoms with Gasteiger partial charge in [-0.25, -0.2) is 0 Å². The van der Waals surface area contributed by atoms with Crippen LogP contribution in [-0.2, 0) is 4.79 Å². The van der Waals surface area contributed by atoms with Crippen LogP contribution in [0.1, 0.15) is 13.3 Å². The van der Waals surface area contributed by atoms with Crippen LogP contribution < -0.4 is 5.32 Å². The van der Waals surface area contributed by atoms with Crippen LogP contribution in [0, 0.1) is 0 Å². The van der Waals surface area contributed by atoms with E-state index >= 15 is 0 Å². The number of amides is 1. The van der Waals surface area contributed by atoms with Gasteiger partial charge in [0, 0.05) is 6.54 Å². The Morgan fingerprint density at radius 2 is 2.00 bits per heavy atom. The highest BCUT2D eigenvalue weighted by molar-refractivity contribution is 5.76. The van der Waals surface area contributed by atoms with E-state index in [0.717, 1.165) is 0 Å². The van der Waals surface area contributed by atoms with Crippen molar-refractivity contribution in [2.24, 2.45) is 0 Å². The van der Waals surface area contributed by atoms with Gasteiger partial charge in [0.2, 0.25) is 5.91 Å². The minimum Gasteiger partial charge on any atom is -0.352 e. The third kappa shape index (κ3) is 7.11. The molecule has 0 radical (unpaired) electrons. The molecule has 0 rings (SSSR count). The number of halogens is 3. The van der Waals surface area contributed by atoms with Crippen molar-refractivity contribution in [2.75, 3.05) is 6.54 Å². The number of carbonyl (C=O) groups excluding carboxylic acids is 1. The van der Waals surface area contributed by atoms with E-state index < -0.39 is 18.5 Å². The van der Waals surface area contributed by atoms with Crippen molar-refractivity contribution in [1.29, 1.82) is 0 Å². The van der Waals surface area contributed by atoms with Crippen LogP contribution in [0.15, 0.2) is 12.2 Å². The topological polar surface area (TPSA) is 29.1 Å². The fraction of sp³-hybridized carbons (Fsp3) is 0.571. The highest BCUT2D eigenvalue weighted by Crippen LogP contribution is 2.18. The number of hydrogen-bond donors (Lipinski definition) is 1. The zero-order valence-electron chi connectivity index (χ0n) is 6.66. The number of rotatable bonds is 3. The monoisotopic (exact) mass is 181 g/mol. The van der Waals surface area contributed by atoms with Gasteiger partial charge in [-0.2, -0.15) is 13.2 Å². The predicted octanol–water partition coefficient (Wildman–Crippen LogP) is 1.63. The second kappa shape index (κ2) is 4.13. The molecule has 0 fully saturated rings. The molecule has 0 aromatic carbocycles. The summed E-state index contributed by atoms with van der Waals surface area (Å²) in [5.74, 6) is -1.02. The van der Waals surface area contributed by atoms with Crippen LogP contribution in [0.3, 0.4) is 0 Å². The molecule has 0 heterocycles. The van der Waals surface area contributed by atoms with E-state index in [0.29, 0.717) is 5.57 Å². The summed E-state index contributed by atoms with van der Waals surface area (Å²) >= 11 is 0. The van der Waals surface area contributed by atoms with Crippen molar-refractivity contribution in [3.63, 3.8) is 0 Å². The second-order valence-corrected chi connectivity index (χ2v) is 2.53. The van der Waals surface area contributed by atoms with Gasteiger partial charge >= 0.3 is 6.18 Å². The van der Waals surface area contributed by atoms with Gasteiger partial charge in [-0.3, -0.25) is 4.79 Å². The van der Waals surface area contributed by atoms with Crippen LogP contribution >= 0.6 is 0 Å². The Bertz CT molecular complexity index is 186. The molecule has 0 atom stereocenters. The fourth-order valence-corrected chi connectivity index (χ4v) is 0.494. The Labute approximate surface area is 68.4 Å². The normalized spacial score (nSPS) is 11.0. The van der Waals surface area contributed by atoms with Gasteiger partial charge in [-0.15, -0.1) is 0 Å². The Hall–Kier alpha value is -1.00. The molecule has 0 aliphatic carbocycles. The zero-order chi connectivity index (χ0) is 9.78. The first-order valence-electron chi connectivity index (χ1n) is 3.29. The Balaban J connectivity index is 3.68. The maximum absolute atomic E-state index is 11.5. The second-order valence-electron chi connectivity index (χ2n) is 2.53. The molecule has 0 spiro atoms. The van der Waals surface area contributed by atoms with Crippen molar-refractivity contribution in [3.05, 3.63) is 12.2 Å². The minimum absolute atomic E-state index is 0.0922. The molecule has 0 saturated heterocycles. The van der Waals surface area contributed by atoms with Gasteiger partial charge < -0.3 is 5.32 Å². The molecule has 1 N–H and O–H groups in total. The minimum atomic E-state index is -4.43. The lowest BCUT2D eigenvalue weighted by atomic mass is 10.3. The molecule has 12 heavy (non-hydrogen) atoms. The van der Waals surface area contributed by atoms with Crippen molar-refractivity contribution < 1.29 is 18.0 Å². The van der Waals surface area contributed by atoms with E-state index in [2.05, 4.69) is 11.9 Å². The summed E-state index contributed by atoms with van der Waals surface area (Å²) in [5, 5.41) is 2.08. The summed E-state index contributed by atoms with van der Waals surface area (Å²) < 4.78 is 34.6. The number of nitrogens with one attached hydrogen (secondary N) is 1. The van der Waals surface area contributed by atoms with Gasteiger partial charge in [-0.05, 0) is 6.92 Å². The van der Waals surface area contributed by atoms with Crippen LogP contribution in [-0.4, -0.2) is 18.6 Å². The predicted molar refractivity (Wildman–Crippen MR) is 38.5 cm³/mol. The lowest BCUT2D eigenvalue weighted by Crippen LogP contribution is -2.29. The fourth-order valence-electron chi connectivity index (χ4n) is 0.494. The number of hydrogen-bond acceptors (Lipinski definition) is 1. The molecule has 0 unspecified atom stereocenters. The van der Waals surface area contributed by atoms with Crippen LogP contribution in [0.2, 0.25) is 0 Å². The average Bonchev–Trinajstić information content (AvgIpc) is 1.79. The summed E-state index contributed by atoms with van der Waals surface area (Å²) in [6.45, 7) is 5.14. The maximum Gasteiger partial charge on any atom is 0.397 e. The van der Waals surface area contributed by atoms with E-state index in [1.165, 1.54) is 0 Å². The molecule has 0 aliphatic rings. The molecule has 0 bridgehead atoms. The molecular weight excluding hydrogens is 171 g/mol. The van der Waals surface area contributed by atoms with Crippen molar-refractivity contribution in [1.82, 2.24) is 5.32 Å². The molecule has 0 aromatic heterocycles. The number of alkyl halides is 3. The van der Waals surface area contributed by atoms with Crippen molar-refractivity contribution in [2.45, 2.75) is 19.5 Å². The van der Waals surface area contributed by atoms with Crippen molar-refractivity contribution >= 4 is 5.91 Å². The largest absolute Gasteiger partial charge is 0.397 e. The summed E-state index contributed by atoms with van der Waals surface area (Å²) in [6, 6.07) is 0. The first-order chi connectivity index (χ1) is 5.31. The van der Waals surface area contributed by atoms with Gasteiger partial charge in [0.25, 0.3) is 0 Å². The molecular formula is C7H10F3NO. The van der Waals surface area contributed by atoms with Gasteiger partial charge in [0.1, 0.15) is 6.42 Å². The standard InChI is InChI=1S/C7H10F3NO/c1-5(2)4-11-6(12)3-7(8,9)10/h1,3-4H2,2H3,(H,11,12). The van der Waals surface area contributed by atoms with E-state index in [1.807, 2.05) is 0 Å². The molecule has 70 valence electrons. The van der Waals surface area contributed by atoms with Crippen molar-refractivity contribution in [3.8, 4) is 0 Å². The Morgan fingerprint density at radius 1 is 1.50 bits per heavy atom. The average molecular weight is 181 g/mol. The van der Waals surface area contributed by atoms with Gasteiger partial charge in [0.05, 0.1) is 0 Å². The molecule has 2 nitrogen and oxygen atoms in total. The third-order valence-electron chi connectivity index (χ3n) is 0.948. The molecule has 0 saturated carbocycles. The molecule has 1 amide bonds. The summed E-state index contributed by atoms with van der Waals surface area (Å²) in [5.41, 5.74) is 0.616. The highest BCUT2D eigenvalue weighted by atomic mass is 19.4. The highest BCUT2D eigenvalue weighted by Gasteiger charge is 2.30. The van der Waals surface area contributed by atoms with Crippen LogP contribution in [0.5, 0.6) is 0 Å². The molecule has 0 aromatic rings. The summed E-state index contributed by atoms with van der Waals surface area (Å²) in [7, 11) is 0. The van der Waals surface area contributed by atoms with Gasteiger partial charge in [0.15, 0.2) is 0 Å². The lowest BCUT2D eigenvalue weighted by molar-refractivity contribution is -0.153. The van der Waals surface area contributed by atoms with Crippen LogP contribution in [0.4, 0.5) is 13.2 Å². The SMILES string of the molecule is C=C(C)CNC(=O)CC(F)(F)F. The molecule has 0 aliphatic heterocycles. The Morgan fingerprint density at radius 3 is 2.33 bits per heavy atom. The lowest BCUT2D eigenvalue weighted by Gasteiger charge is -2.06. The Kier molecular flexibility index (Phi) is 3.79. The van der Waals surface area contributed by atoms with E-state index in [9.17, 15) is 18.0 Å². The zero-order valence-corrected chi connectivity index (χ0v) is 6.66. The first kappa shape index (κ1) is 11.0. The van der Waals surface area contributed by atoms with Crippen LogP contribution in [0.25, 0.3) is 0 Å². The third-order valence-corrected chi connectivity index (χ3v) is 0.948. The summed E-state index contributed by atoms with van der Waals surface area (Å²) in [6.07, 6.45) is -5.86. The van der Waals surface area contributed by atoms with E-state index in [1.54, 1.807) is 6.92 Å². The maximum atomic E-state index is 11.5. The van der Waals surface area contributed by atoms with E-state index in [4.69, 9.17) is 0 Å².